The quantitative estimate of drug-likeness (QED) is 0.800. The van der Waals surface area contributed by atoms with Crippen LogP contribution in [0, 0.1) is 5.92 Å². The Bertz CT molecular complexity index is 963. The third-order valence-electron chi connectivity index (χ3n) is 5.34. The first kappa shape index (κ1) is 18.2. The van der Waals surface area contributed by atoms with Gasteiger partial charge in [0.25, 0.3) is 0 Å². The van der Waals surface area contributed by atoms with Gasteiger partial charge < -0.3 is 5.32 Å². The monoisotopic (exact) mass is 384 g/mol. The third kappa shape index (κ3) is 4.06. The highest BCUT2D eigenvalue weighted by Crippen LogP contribution is 2.30. The summed E-state index contributed by atoms with van der Waals surface area (Å²) in [6, 6.07) is 12.4. The molecule has 27 heavy (non-hydrogen) atoms. The Labute approximate surface area is 160 Å². The van der Waals surface area contributed by atoms with Crippen molar-refractivity contribution in [3.05, 3.63) is 59.2 Å². The van der Waals surface area contributed by atoms with Crippen molar-refractivity contribution in [1.82, 2.24) is 4.72 Å². The number of aryl methyl sites for hydroxylation is 2. The SMILES string of the molecule is C[C@H](NS(=O)(=O)c1ccc2c(c1)CCC2)c1ccc(NC(=O)C2CC2)cc1. The van der Waals surface area contributed by atoms with Crippen LogP contribution in [0.4, 0.5) is 5.69 Å². The highest BCUT2D eigenvalue weighted by atomic mass is 32.2. The summed E-state index contributed by atoms with van der Waals surface area (Å²) in [4.78, 5) is 12.1. The van der Waals surface area contributed by atoms with Gasteiger partial charge in [0.15, 0.2) is 0 Å². The molecular formula is C21H24N2O3S. The Morgan fingerprint density at radius 1 is 1.04 bits per heavy atom. The predicted octanol–water partition coefficient (Wildman–Crippen LogP) is 3.56. The fraction of sp³-hybridized carbons (Fsp3) is 0.381. The second-order valence-corrected chi connectivity index (χ2v) is 9.23. The maximum atomic E-state index is 12.7. The van der Waals surface area contributed by atoms with E-state index in [0.29, 0.717) is 4.90 Å². The number of nitrogens with one attached hydrogen (secondary N) is 2. The fourth-order valence-corrected chi connectivity index (χ4v) is 4.81. The molecule has 1 atom stereocenters. The van der Waals surface area contributed by atoms with Gasteiger partial charge in [-0.15, -0.1) is 0 Å². The smallest absolute Gasteiger partial charge is 0.241 e. The molecule has 2 N–H and O–H groups in total. The Balaban J connectivity index is 1.44. The molecule has 0 aromatic heterocycles. The van der Waals surface area contributed by atoms with Crippen LogP contribution < -0.4 is 10.0 Å². The third-order valence-corrected chi connectivity index (χ3v) is 6.88. The van der Waals surface area contributed by atoms with Crippen molar-refractivity contribution < 1.29 is 13.2 Å². The first-order chi connectivity index (χ1) is 12.9. The number of hydrogen-bond donors (Lipinski definition) is 2. The van der Waals surface area contributed by atoms with Crippen LogP contribution in [0.3, 0.4) is 0 Å². The van der Waals surface area contributed by atoms with Gasteiger partial charge in [-0.05, 0) is 80.0 Å². The average molecular weight is 385 g/mol. The predicted molar refractivity (Wildman–Crippen MR) is 105 cm³/mol. The van der Waals surface area contributed by atoms with Crippen LogP contribution in [-0.4, -0.2) is 14.3 Å². The number of carbonyl (C=O) groups is 1. The first-order valence-corrected chi connectivity index (χ1v) is 11.0. The molecule has 2 aromatic rings. The molecule has 0 saturated heterocycles. The zero-order valence-electron chi connectivity index (χ0n) is 15.4. The molecule has 0 unspecified atom stereocenters. The summed E-state index contributed by atoms with van der Waals surface area (Å²) in [6.07, 6.45) is 4.99. The van der Waals surface area contributed by atoms with E-state index < -0.39 is 10.0 Å². The number of anilines is 1. The van der Waals surface area contributed by atoms with E-state index in [2.05, 4.69) is 10.0 Å². The van der Waals surface area contributed by atoms with Crippen LogP contribution in [0.15, 0.2) is 47.4 Å². The van der Waals surface area contributed by atoms with Crippen LogP contribution in [0.1, 0.15) is 48.9 Å². The maximum Gasteiger partial charge on any atom is 0.241 e. The Morgan fingerprint density at radius 2 is 1.74 bits per heavy atom. The van der Waals surface area contributed by atoms with E-state index in [1.807, 2.05) is 37.3 Å². The van der Waals surface area contributed by atoms with Crippen LogP contribution in [0.2, 0.25) is 0 Å². The zero-order chi connectivity index (χ0) is 19.0. The van der Waals surface area contributed by atoms with E-state index >= 15 is 0 Å². The lowest BCUT2D eigenvalue weighted by Crippen LogP contribution is -2.27. The zero-order valence-corrected chi connectivity index (χ0v) is 16.2. The summed E-state index contributed by atoms with van der Waals surface area (Å²) in [5.74, 6) is 0.218. The van der Waals surface area contributed by atoms with E-state index in [1.165, 1.54) is 5.56 Å². The maximum absolute atomic E-state index is 12.7. The molecule has 4 rings (SSSR count). The molecule has 6 heteroatoms. The van der Waals surface area contributed by atoms with E-state index in [0.717, 1.165) is 48.9 Å². The lowest BCUT2D eigenvalue weighted by molar-refractivity contribution is -0.117. The van der Waals surface area contributed by atoms with Crippen molar-refractivity contribution in [3.8, 4) is 0 Å². The van der Waals surface area contributed by atoms with E-state index in [-0.39, 0.29) is 17.9 Å². The molecule has 5 nitrogen and oxygen atoms in total. The van der Waals surface area contributed by atoms with Crippen molar-refractivity contribution in [2.75, 3.05) is 5.32 Å². The molecule has 2 aromatic carbocycles. The Kier molecular flexibility index (Phi) is 4.78. The number of rotatable bonds is 6. The summed E-state index contributed by atoms with van der Waals surface area (Å²) >= 11 is 0. The number of amides is 1. The number of carbonyl (C=O) groups excluding carboxylic acids is 1. The van der Waals surface area contributed by atoms with Crippen molar-refractivity contribution in [3.63, 3.8) is 0 Å². The number of fused-ring (bicyclic) bond motifs is 1. The molecule has 1 amide bonds. The molecule has 1 saturated carbocycles. The van der Waals surface area contributed by atoms with Gasteiger partial charge in [-0.25, -0.2) is 13.1 Å². The summed E-state index contributed by atoms with van der Waals surface area (Å²) < 4.78 is 28.2. The van der Waals surface area contributed by atoms with Crippen molar-refractivity contribution in [2.24, 2.45) is 5.92 Å². The van der Waals surface area contributed by atoms with Crippen molar-refractivity contribution in [1.29, 1.82) is 0 Å². The van der Waals surface area contributed by atoms with Crippen LogP contribution >= 0.6 is 0 Å². The number of sulfonamides is 1. The summed E-state index contributed by atoms with van der Waals surface area (Å²) in [5, 5.41) is 2.89. The topological polar surface area (TPSA) is 75.3 Å². The largest absolute Gasteiger partial charge is 0.326 e. The number of hydrogen-bond acceptors (Lipinski definition) is 3. The van der Waals surface area contributed by atoms with Crippen molar-refractivity contribution in [2.45, 2.75) is 50.0 Å². The van der Waals surface area contributed by atoms with Gasteiger partial charge in [-0.3, -0.25) is 4.79 Å². The molecule has 0 heterocycles. The van der Waals surface area contributed by atoms with Gasteiger partial charge in [-0.2, -0.15) is 0 Å². The molecule has 0 radical (unpaired) electrons. The van der Waals surface area contributed by atoms with Gasteiger partial charge in [0, 0.05) is 17.6 Å². The molecule has 0 bridgehead atoms. The highest BCUT2D eigenvalue weighted by molar-refractivity contribution is 7.89. The summed E-state index contributed by atoms with van der Waals surface area (Å²) in [7, 11) is -3.58. The molecule has 0 spiro atoms. The minimum atomic E-state index is -3.58. The second-order valence-electron chi connectivity index (χ2n) is 7.51. The highest BCUT2D eigenvalue weighted by Gasteiger charge is 2.29. The number of benzene rings is 2. The fourth-order valence-electron chi connectivity index (χ4n) is 3.53. The van der Waals surface area contributed by atoms with Gasteiger partial charge in [0.1, 0.15) is 0 Å². The van der Waals surface area contributed by atoms with E-state index in [1.54, 1.807) is 12.1 Å². The van der Waals surface area contributed by atoms with Crippen LogP contribution in [0.5, 0.6) is 0 Å². The summed E-state index contributed by atoms with van der Waals surface area (Å²) in [6.45, 7) is 1.82. The van der Waals surface area contributed by atoms with Crippen LogP contribution in [-0.2, 0) is 27.7 Å². The average Bonchev–Trinajstić information content (AvgIpc) is 3.39. The van der Waals surface area contributed by atoms with Gasteiger partial charge in [0.2, 0.25) is 15.9 Å². The van der Waals surface area contributed by atoms with E-state index in [4.69, 9.17) is 0 Å². The lowest BCUT2D eigenvalue weighted by Gasteiger charge is -2.16. The molecular weight excluding hydrogens is 360 g/mol. The standard InChI is InChI=1S/C21H24N2O3S/c1-14(15-7-10-19(11-8-15)22-21(24)17-5-6-17)23-27(25,26)20-12-9-16-3-2-4-18(16)13-20/h7-14,17,23H,2-6H2,1H3,(H,22,24)/t14-/m0/s1. The summed E-state index contributed by atoms with van der Waals surface area (Å²) in [5.41, 5.74) is 3.99. The normalized spacial score (nSPS) is 17.4. The Morgan fingerprint density at radius 3 is 2.44 bits per heavy atom. The molecule has 2 aliphatic carbocycles. The molecule has 142 valence electrons. The minimum Gasteiger partial charge on any atom is -0.326 e. The molecule has 0 aliphatic heterocycles. The minimum absolute atomic E-state index is 0.0631. The lowest BCUT2D eigenvalue weighted by atomic mass is 10.1. The molecule has 2 aliphatic rings. The van der Waals surface area contributed by atoms with Crippen LogP contribution in [0.25, 0.3) is 0 Å². The van der Waals surface area contributed by atoms with Gasteiger partial charge in [0.05, 0.1) is 4.90 Å². The Hall–Kier alpha value is -2.18. The van der Waals surface area contributed by atoms with Gasteiger partial charge in [-0.1, -0.05) is 18.2 Å². The second kappa shape index (κ2) is 7.09. The molecule has 1 fully saturated rings. The first-order valence-electron chi connectivity index (χ1n) is 9.47. The van der Waals surface area contributed by atoms with Gasteiger partial charge >= 0.3 is 0 Å². The van der Waals surface area contributed by atoms with E-state index in [9.17, 15) is 13.2 Å². The van der Waals surface area contributed by atoms with Crippen molar-refractivity contribution >= 4 is 21.6 Å².